The second kappa shape index (κ2) is 11.8. The molecular weight excluding hydrogens is 240 g/mol. The first kappa shape index (κ1) is 21.3. The lowest BCUT2D eigenvalue weighted by molar-refractivity contribution is 0.851. The van der Waals surface area contributed by atoms with Crippen molar-refractivity contribution >= 4 is 5.57 Å². The number of hydrogen-bond acceptors (Lipinski definition) is 0. The summed E-state index contributed by atoms with van der Waals surface area (Å²) >= 11 is 0. The van der Waals surface area contributed by atoms with E-state index >= 15 is 0 Å². The summed E-state index contributed by atoms with van der Waals surface area (Å²) in [6.07, 6.45) is 2.34. The minimum atomic E-state index is 0.606. The SMILES string of the molecule is C=C(C)c1cc(C)c(C(C)C)cc1CC.CC.CCC. The molecule has 0 bridgehead atoms. The third kappa shape index (κ3) is 6.93. The topological polar surface area (TPSA) is 0 Å². The normalized spacial score (nSPS) is 9.30. The first-order valence-electron chi connectivity index (χ1n) is 8.18. The summed E-state index contributed by atoms with van der Waals surface area (Å²) in [5.74, 6) is 0.606. The standard InChI is InChI=1S/C15H22.C3H8.C2H6/c1-7-13-9-14(10(2)3)12(6)8-15(13)11(4)5;1-3-2;1-2/h8-10H,4,7H2,1-3,5-6H3;3H2,1-2H3;1-2H3. The van der Waals surface area contributed by atoms with Crippen molar-refractivity contribution in [3.8, 4) is 0 Å². The van der Waals surface area contributed by atoms with E-state index in [2.05, 4.69) is 67.2 Å². The second-order valence-electron chi connectivity index (χ2n) is 5.36. The highest BCUT2D eigenvalue weighted by Gasteiger charge is 2.09. The van der Waals surface area contributed by atoms with Gasteiger partial charge in [-0.2, -0.15) is 0 Å². The molecule has 0 fully saturated rings. The first-order valence-corrected chi connectivity index (χ1v) is 8.18. The molecule has 1 aromatic rings. The zero-order valence-electron chi connectivity index (χ0n) is 15.4. The molecule has 1 rings (SSSR count). The van der Waals surface area contributed by atoms with Crippen molar-refractivity contribution in [1.29, 1.82) is 0 Å². The van der Waals surface area contributed by atoms with E-state index in [0.29, 0.717) is 5.92 Å². The fraction of sp³-hybridized carbons (Fsp3) is 0.600. The molecule has 0 aliphatic heterocycles. The summed E-state index contributed by atoms with van der Waals surface area (Å²) in [6, 6.07) is 4.64. The second-order valence-corrected chi connectivity index (χ2v) is 5.36. The van der Waals surface area contributed by atoms with Crippen LogP contribution < -0.4 is 0 Å². The fourth-order valence-corrected chi connectivity index (χ4v) is 2.08. The van der Waals surface area contributed by atoms with Crippen LogP contribution in [0.1, 0.15) is 90.0 Å². The summed E-state index contributed by atoms with van der Waals surface area (Å²) < 4.78 is 0. The third-order valence-corrected chi connectivity index (χ3v) is 2.95. The molecule has 116 valence electrons. The Kier molecular flexibility index (Phi) is 12.5. The Balaban J connectivity index is 0. The zero-order valence-corrected chi connectivity index (χ0v) is 15.4. The lowest BCUT2D eigenvalue weighted by Crippen LogP contribution is -1.98. The molecule has 0 aliphatic rings. The molecule has 0 heteroatoms. The van der Waals surface area contributed by atoms with E-state index in [9.17, 15) is 0 Å². The molecule has 0 aromatic heterocycles. The van der Waals surface area contributed by atoms with Crippen LogP contribution in [0.25, 0.3) is 5.57 Å². The van der Waals surface area contributed by atoms with Gasteiger partial charge >= 0.3 is 0 Å². The molecule has 20 heavy (non-hydrogen) atoms. The Morgan fingerprint density at radius 2 is 1.55 bits per heavy atom. The average Bonchev–Trinajstić information content (AvgIpc) is 2.41. The highest BCUT2D eigenvalue weighted by atomic mass is 14.1. The molecule has 0 radical (unpaired) electrons. The van der Waals surface area contributed by atoms with E-state index in [1.165, 1.54) is 34.2 Å². The molecule has 0 saturated heterocycles. The van der Waals surface area contributed by atoms with Gasteiger partial charge in [-0.3, -0.25) is 0 Å². The van der Waals surface area contributed by atoms with Crippen LogP contribution in [0.2, 0.25) is 0 Å². The van der Waals surface area contributed by atoms with E-state index in [0.717, 1.165) is 6.42 Å². The van der Waals surface area contributed by atoms with Gasteiger partial charge < -0.3 is 0 Å². The van der Waals surface area contributed by atoms with Gasteiger partial charge in [-0.15, -0.1) is 0 Å². The van der Waals surface area contributed by atoms with Crippen LogP contribution in [-0.2, 0) is 6.42 Å². The van der Waals surface area contributed by atoms with Gasteiger partial charge in [-0.05, 0) is 48.4 Å². The minimum absolute atomic E-state index is 0.606. The number of rotatable bonds is 3. The van der Waals surface area contributed by atoms with Gasteiger partial charge in [-0.25, -0.2) is 0 Å². The Bertz CT molecular complexity index is 383. The van der Waals surface area contributed by atoms with E-state index in [1.54, 1.807) is 0 Å². The predicted molar refractivity (Wildman–Crippen MR) is 96.7 cm³/mol. The van der Waals surface area contributed by atoms with Crippen LogP contribution in [0, 0.1) is 6.92 Å². The van der Waals surface area contributed by atoms with Crippen molar-refractivity contribution in [2.75, 3.05) is 0 Å². The lowest BCUT2D eigenvalue weighted by atomic mass is 9.90. The van der Waals surface area contributed by atoms with Gasteiger partial charge in [0.05, 0.1) is 0 Å². The highest BCUT2D eigenvalue weighted by molar-refractivity contribution is 5.66. The van der Waals surface area contributed by atoms with E-state index < -0.39 is 0 Å². The van der Waals surface area contributed by atoms with Crippen molar-refractivity contribution in [2.24, 2.45) is 0 Å². The molecule has 0 unspecified atom stereocenters. The molecule has 0 atom stereocenters. The molecule has 0 N–H and O–H groups in total. The van der Waals surface area contributed by atoms with Crippen LogP contribution in [0.3, 0.4) is 0 Å². The van der Waals surface area contributed by atoms with Crippen molar-refractivity contribution in [3.63, 3.8) is 0 Å². The van der Waals surface area contributed by atoms with Crippen LogP contribution in [0.5, 0.6) is 0 Å². The minimum Gasteiger partial charge on any atom is -0.0955 e. The maximum Gasteiger partial charge on any atom is -0.0198 e. The number of hydrogen-bond donors (Lipinski definition) is 0. The maximum absolute atomic E-state index is 4.05. The predicted octanol–water partition coefficient (Wildman–Crippen LogP) is 7.16. The molecule has 1 aromatic carbocycles. The van der Waals surface area contributed by atoms with Crippen molar-refractivity contribution in [1.82, 2.24) is 0 Å². The summed E-state index contributed by atoms with van der Waals surface area (Å²) in [6.45, 7) is 23.3. The third-order valence-electron chi connectivity index (χ3n) is 2.95. The molecule has 0 heterocycles. The summed E-state index contributed by atoms with van der Waals surface area (Å²) in [5.41, 5.74) is 6.79. The number of benzene rings is 1. The smallest absolute Gasteiger partial charge is 0.0198 e. The summed E-state index contributed by atoms with van der Waals surface area (Å²) in [4.78, 5) is 0. The van der Waals surface area contributed by atoms with Gasteiger partial charge in [0.25, 0.3) is 0 Å². The van der Waals surface area contributed by atoms with E-state index in [-0.39, 0.29) is 0 Å². The number of aryl methyl sites for hydroxylation is 2. The van der Waals surface area contributed by atoms with E-state index in [4.69, 9.17) is 0 Å². The quantitative estimate of drug-likeness (QED) is 0.549. The molecule has 0 spiro atoms. The number of allylic oxidation sites excluding steroid dienone is 1. The first-order chi connectivity index (χ1) is 9.38. The Labute approximate surface area is 128 Å². The molecular formula is C20H36. The fourth-order valence-electron chi connectivity index (χ4n) is 2.08. The Hall–Kier alpha value is -1.04. The molecule has 0 aliphatic carbocycles. The van der Waals surface area contributed by atoms with Gasteiger partial charge in [0.1, 0.15) is 0 Å². The van der Waals surface area contributed by atoms with Gasteiger partial charge in [0, 0.05) is 0 Å². The monoisotopic (exact) mass is 276 g/mol. The Morgan fingerprint density at radius 3 is 1.85 bits per heavy atom. The molecule has 0 saturated carbocycles. The Morgan fingerprint density at radius 1 is 1.10 bits per heavy atom. The summed E-state index contributed by atoms with van der Waals surface area (Å²) in [5, 5.41) is 0. The molecule has 0 nitrogen and oxygen atoms in total. The van der Waals surface area contributed by atoms with Crippen LogP contribution >= 0.6 is 0 Å². The lowest BCUT2D eigenvalue weighted by Gasteiger charge is -2.16. The van der Waals surface area contributed by atoms with Gasteiger partial charge in [-0.1, -0.05) is 79.2 Å². The molecule has 0 amide bonds. The van der Waals surface area contributed by atoms with Crippen molar-refractivity contribution in [3.05, 3.63) is 41.0 Å². The van der Waals surface area contributed by atoms with Crippen LogP contribution in [-0.4, -0.2) is 0 Å². The van der Waals surface area contributed by atoms with E-state index in [1.807, 2.05) is 13.8 Å². The van der Waals surface area contributed by atoms with Crippen molar-refractivity contribution < 1.29 is 0 Å². The van der Waals surface area contributed by atoms with Crippen molar-refractivity contribution in [2.45, 2.75) is 81.1 Å². The average molecular weight is 277 g/mol. The largest absolute Gasteiger partial charge is 0.0955 e. The maximum atomic E-state index is 4.05. The summed E-state index contributed by atoms with van der Waals surface area (Å²) in [7, 11) is 0. The van der Waals surface area contributed by atoms with Crippen LogP contribution in [0.4, 0.5) is 0 Å². The highest BCUT2D eigenvalue weighted by Crippen LogP contribution is 2.27. The zero-order chi connectivity index (χ0) is 16.3. The van der Waals surface area contributed by atoms with Gasteiger partial charge in [0.15, 0.2) is 0 Å². The van der Waals surface area contributed by atoms with Crippen LogP contribution in [0.15, 0.2) is 18.7 Å². The van der Waals surface area contributed by atoms with Gasteiger partial charge in [0.2, 0.25) is 0 Å².